The number of carbonyl (C=O) groups is 2. The van der Waals surface area contributed by atoms with Crippen LogP contribution in [0.5, 0.6) is 5.75 Å². The third-order valence-corrected chi connectivity index (χ3v) is 6.29. The Hall–Kier alpha value is -2.63. The van der Waals surface area contributed by atoms with Crippen molar-refractivity contribution in [1.29, 1.82) is 0 Å². The van der Waals surface area contributed by atoms with Gasteiger partial charge in [-0.25, -0.2) is 0 Å². The summed E-state index contributed by atoms with van der Waals surface area (Å²) in [7, 11) is 1.41. The molecule has 1 heterocycles. The Morgan fingerprint density at radius 2 is 1.83 bits per heavy atom. The summed E-state index contributed by atoms with van der Waals surface area (Å²) in [5.74, 6) is 0.592. The first-order valence-electron chi connectivity index (χ1n) is 10.5. The van der Waals surface area contributed by atoms with Crippen molar-refractivity contribution in [3.8, 4) is 5.75 Å². The summed E-state index contributed by atoms with van der Waals surface area (Å²) in [5.41, 5.74) is 0. The Morgan fingerprint density at radius 1 is 1.03 bits per heavy atom. The average molecular weight is 396 g/mol. The summed E-state index contributed by atoms with van der Waals surface area (Å²) in [6.45, 7) is 0. The van der Waals surface area contributed by atoms with Crippen LogP contribution in [0.4, 0.5) is 0 Å². The van der Waals surface area contributed by atoms with E-state index in [0.717, 1.165) is 55.0 Å². The maximum absolute atomic E-state index is 12.6. The average Bonchev–Trinajstić information content (AvgIpc) is 3.25. The van der Waals surface area contributed by atoms with Gasteiger partial charge in [0.15, 0.2) is 0 Å². The van der Waals surface area contributed by atoms with Crippen molar-refractivity contribution in [1.82, 2.24) is 10.3 Å². The van der Waals surface area contributed by atoms with Crippen LogP contribution in [-0.2, 0) is 14.3 Å². The number of carbonyl (C=O) groups excluding carboxylic acids is 2. The molecule has 1 aromatic heterocycles. The molecule has 0 bridgehead atoms. The molecule has 2 saturated carbocycles. The number of aromatic nitrogens is 1. The highest BCUT2D eigenvalue weighted by Gasteiger charge is 2.35. The molecule has 0 spiro atoms. The van der Waals surface area contributed by atoms with Crippen molar-refractivity contribution in [2.75, 3.05) is 7.11 Å². The first-order chi connectivity index (χ1) is 14.1. The number of fused-ring (bicyclic) bond motifs is 1. The van der Waals surface area contributed by atoms with E-state index in [0.29, 0.717) is 6.42 Å². The van der Waals surface area contributed by atoms with Crippen LogP contribution >= 0.6 is 0 Å². The van der Waals surface area contributed by atoms with Gasteiger partial charge < -0.3 is 14.8 Å². The summed E-state index contributed by atoms with van der Waals surface area (Å²) in [5, 5.41) is 5.36. The molecule has 2 aliphatic rings. The fourth-order valence-electron chi connectivity index (χ4n) is 4.62. The maximum Gasteiger partial charge on any atom is 0.308 e. The molecule has 0 unspecified atom stereocenters. The zero-order valence-corrected chi connectivity index (χ0v) is 16.8. The molecule has 29 heavy (non-hydrogen) atoms. The van der Waals surface area contributed by atoms with Crippen LogP contribution in [0.3, 0.4) is 0 Å². The number of methoxy groups -OCH3 is 1. The molecule has 1 amide bonds. The maximum atomic E-state index is 12.6. The van der Waals surface area contributed by atoms with Crippen LogP contribution in [0.25, 0.3) is 10.8 Å². The Bertz CT molecular complexity index is 871. The van der Waals surface area contributed by atoms with Crippen molar-refractivity contribution in [3.63, 3.8) is 0 Å². The van der Waals surface area contributed by atoms with Gasteiger partial charge >= 0.3 is 5.97 Å². The minimum Gasteiger partial charge on any atom is -0.490 e. The van der Waals surface area contributed by atoms with Gasteiger partial charge in [0.25, 0.3) is 0 Å². The minimum atomic E-state index is -0.192. The number of benzene rings is 1. The monoisotopic (exact) mass is 396 g/mol. The predicted molar refractivity (Wildman–Crippen MR) is 109 cm³/mol. The van der Waals surface area contributed by atoms with Gasteiger partial charge in [-0.15, -0.1) is 0 Å². The van der Waals surface area contributed by atoms with Crippen LogP contribution in [0, 0.1) is 11.8 Å². The zero-order chi connectivity index (χ0) is 20.2. The number of pyridine rings is 1. The van der Waals surface area contributed by atoms with E-state index in [2.05, 4.69) is 10.3 Å². The molecule has 6 nitrogen and oxygen atoms in total. The van der Waals surface area contributed by atoms with Crippen LogP contribution in [0.2, 0.25) is 0 Å². The Balaban J connectivity index is 1.26. The zero-order valence-electron chi connectivity index (χ0n) is 16.8. The third-order valence-electron chi connectivity index (χ3n) is 6.29. The number of ether oxygens (including phenoxy) is 2. The Morgan fingerprint density at radius 3 is 2.62 bits per heavy atom. The highest BCUT2D eigenvalue weighted by atomic mass is 16.5. The number of esters is 1. The van der Waals surface area contributed by atoms with Gasteiger partial charge in [0.05, 0.1) is 19.1 Å². The van der Waals surface area contributed by atoms with E-state index in [9.17, 15) is 9.59 Å². The third kappa shape index (κ3) is 4.52. The second kappa shape index (κ2) is 8.80. The van der Waals surface area contributed by atoms with Gasteiger partial charge in [0.1, 0.15) is 5.75 Å². The van der Waals surface area contributed by atoms with Crippen molar-refractivity contribution >= 4 is 22.6 Å². The molecule has 0 radical (unpaired) electrons. The SMILES string of the molecule is COC(=O)[C@@H]1CC[C@H](C(=O)NC2CCC(Oc3cccc4cnccc34)CC2)C1. The van der Waals surface area contributed by atoms with Crippen LogP contribution < -0.4 is 10.1 Å². The summed E-state index contributed by atoms with van der Waals surface area (Å²) in [4.78, 5) is 28.4. The van der Waals surface area contributed by atoms with Gasteiger partial charge in [0, 0.05) is 35.1 Å². The second-order valence-electron chi connectivity index (χ2n) is 8.18. The van der Waals surface area contributed by atoms with Gasteiger partial charge in [-0.2, -0.15) is 0 Å². The first-order valence-corrected chi connectivity index (χ1v) is 10.5. The second-order valence-corrected chi connectivity index (χ2v) is 8.18. The van der Waals surface area contributed by atoms with Crippen molar-refractivity contribution in [3.05, 3.63) is 36.7 Å². The van der Waals surface area contributed by atoms with Crippen molar-refractivity contribution in [2.24, 2.45) is 11.8 Å². The van der Waals surface area contributed by atoms with Gasteiger partial charge in [-0.1, -0.05) is 12.1 Å². The molecule has 0 aliphatic heterocycles. The van der Waals surface area contributed by atoms with E-state index < -0.39 is 0 Å². The molecule has 2 fully saturated rings. The molecule has 2 atom stereocenters. The van der Waals surface area contributed by atoms with E-state index in [1.54, 1.807) is 6.20 Å². The lowest BCUT2D eigenvalue weighted by Crippen LogP contribution is -2.42. The van der Waals surface area contributed by atoms with Crippen LogP contribution in [-0.4, -0.2) is 36.1 Å². The van der Waals surface area contributed by atoms with Gasteiger partial charge in [-0.05, 0) is 57.1 Å². The summed E-state index contributed by atoms with van der Waals surface area (Å²) in [6, 6.07) is 8.22. The summed E-state index contributed by atoms with van der Waals surface area (Å²) >= 11 is 0. The highest BCUT2D eigenvalue weighted by Crippen LogP contribution is 2.33. The van der Waals surface area contributed by atoms with Crippen LogP contribution in [0.15, 0.2) is 36.7 Å². The normalized spacial score (nSPS) is 26.8. The fourth-order valence-corrected chi connectivity index (χ4v) is 4.62. The lowest BCUT2D eigenvalue weighted by Gasteiger charge is -2.30. The molecule has 1 N–H and O–H groups in total. The molecular weight excluding hydrogens is 368 g/mol. The standard InChI is InChI=1S/C23H28N2O4/c1-28-23(27)16-6-5-15(13-16)22(26)25-18-7-9-19(10-8-18)29-21-4-2-3-17-14-24-12-11-20(17)21/h2-4,11-12,14-16,18-19H,5-10,13H2,1H3,(H,25,26)/t15-,16+,18?,19?/m0/s1. The van der Waals surface area contributed by atoms with Gasteiger partial charge in [-0.3, -0.25) is 14.6 Å². The molecule has 6 heteroatoms. The van der Waals surface area contributed by atoms with E-state index in [1.165, 1.54) is 7.11 Å². The number of hydrogen-bond donors (Lipinski definition) is 1. The molecule has 2 aromatic rings. The Kier molecular flexibility index (Phi) is 5.97. The van der Waals surface area contributed by atoms with Crippen molar-refractivity contribution < 1.29 is 19.1 Å². The number of rotatable bonds is 5. The van der Waals surface area contributed by atoms with E-state index in [4.69, 9.17) is 9.47 Å². The van der Waals surface area contributed by atoms with Crippen LogP contribution in [0.1, 0.15) is 44.9 Å². The number of nitrogens with zero attached hydrogens (tertiary/aromatic N) is 1. The molecule has 154 valence electrons. The van der Waals surface area contributed by atoms with E-state index in [-0.39, 0.29) is 35.9 Å². The molecular formula is C23H28N2O4. The fraction of sp³-hybridized carbons (Fsp3) is 0.522. The minimum absolute atomic E-state index is 0.0719. The summed E-state index contributed by atoms with van der Waals surface area (Å²) in [6.07, 6.45) is 9.57. The number of nitrogens with one attached hydrogen (secondary N) is 1. The van der Waals surface area contributed by atoms with E-state index in [1.807, 2.05) is 30.5 Å². The highest BCUT2D eigenvalue weighted by molar-refractivity contribution is 5.87. The molecule has 2 aliphatic carbocycles. The van der Waals surface area contributed by atoms with E-state index >= 15 is 0 Å². The molecule has 1 aromatic carbocycles. The largest absolute Gasteiger partial charge is 0.490 e. The molecule has 4 rings (SSSR count). The number of amides is 1. The summed E-state index contributed by atoms with van der Waals surface area (Å²) < 4.78 is 11.1. The topological polar surface area (TPSA) is 77.5 Å². The lowest BCUT2D eigenvalue weighted by molar-refractivity contribution is -0.145. The predicted octanol–water partition coefficient (Wildman–Crippen LogP) is 3.63. The number of hydrogen-bond acceptors (Lipinski definition) is 5. The quantitative estimate of drug-likeness (QED) is 0.781. The van der Waals surface area contributed by atoms with Gasteiger partial charge in [0.2, 0.25) is 5.91 Å². The lowest BCUT2D eigenvalue weighted by atomic mass is 9.92. The first kappa shape index (κ1) is 19.7. The Labute approximate surface area is 171 Å². The van der Waals surface area contributed by atoms with Crippen molar-refractivity contribution in [2.45, 2.75) is 57.1 Å². The smallest absolute Gasteiger partial charge is 0.308 e. The molecule has 0 saturated heterocycles.